The zero-order chi connectivity index (χ0) is 17.4. The minimum Gasteiger partial charge on any atom is -0.489 e. The summed E-state index contributed by atoms with van der Waals surface area (Å²) in [5.74, 6) is 0.440. The highest BCUT2D eigenvalue weighted by molar-refractivity contribution is 5.75. The van der Waals surface area contributed by atoms with E-state index in [-0.39, 0.29) is 12.1 Å². The molecule has 0 fully saturated rings. The monoisotopic (exact) mass is 328 g/mol. The highest BCUT2D eigenvalue weighted by Crippen LogP contribution is 2.17. The highest BCUT2D eigenvalue weighted by atomic mass is 16.6. The fourth-order valence-corrected chi connectivity index (χ4v) is 2.32. The van der Waals surface area contributed by atoms with Crippen molar-refractivity contribution in [3.63, 3.8) is 0 Å². The van der Waals surface area contributed by atoms with Crippen molar-refractivity contribution in [3.05, 3.63) is 65.7 Å². The van der Waals surface area contributed by atoms with Crippen LogP contribution < -0.4 is 4.74 Å². The molecule has 0 spiro atoms. The van der Waals surface area contributed by atoms with Gasteiger partial charge in [-0.3, -0.25) is 0 Å². The lowest BCUT2D eigenvalue weighted by Gasteiger charge is -2.18. The molecule has 0 N–H and O–H groups in total. The Morgan fingerprint density at radius 3 is 2.21 bits per heavy atom. The van der Waals surface area contributed by atoms with Crippen LogP contribution in [0.15, 0.2) is 54.6 Å². The third-order valence-electron chi connectivity index (χ3n) is 3.49. The van der Waals surface area contributed by atoms with E-state index in [1.54, 1.807) is 0 Å². The molecule has 4 heteroatoms. The number of hydrogen-bond donors (Lipinski definition) is 0. The molecule has 0 heterocycles. The van der Waals surface area contributed by atoms with Gasteiger partial charge in [0.1, 0.15) is 12.4 Å². The summed E-state index contributed by atoms with van der Waals surface area (Å²) in [6, 6.07) is 17.7. The second kappa shape index (κ2) is 9.08. The fraction of sp³-hybridized carbons (Fsp3) is 0.350. The summed E-state index contributed by atoms with van der Waals surface area (Å²) >= 11 is 0. The van der Waals surface area contributed by atoms with E-state index in [1.165, 1.54) is 7.11 Å². The Morgan fingerprint density at radius 1 is 0.958 bits per heavy atom. The molecular formula is C20H24O4. The Hall–Kier alpha value is -2.33. The molecule has 0 aliphatic carbocycles. The first kappa shape index (κ1) is 18.0. The van der Waals surface area contributed by atoms with Gasteiger partial charge in [-0.2, -0.15) is 0 Å². The number of esters is 1. The lowest BCUT2D eigenvalue weighted by Crippen LogP contribution is -2.30. The molecule has 0 amide bonds. The van der Waals surface area contributed by atoms with Crippen LogP contribution in [0.2, 0.25) is 0 Å². The lowest BCUT2D eigenvalue weighted by molar-refractivity contribution is -0.156. The van der Waals surface area contributed by atoms with Crippen LogP contribution in [0.3, 0.4) is 0 Å². The molecule has 2 aromatic rings. The number of ether oxygens (including phenoxy) is 3. The first-order valence-electron chi connectivity index (χ1n) is 8.07. The Balaban J connectivity index is 1.93. The summed E-state index contributed by atoms with van der Waals surface area (Å²) < 4.78 is 16.2. The van der Waals surface area contributed by atoms with Gasteiger partial charge in [0.15, 0.2) is 6.10 Å². The summed E-state index contributed by atoms with van der Waals surface area (Å²) in [4.78, 5) is 11.8. The zero-order valence-corrected chi connectivity index (χ0v) is 14.4. The maximum absolute atomic E-state index is 11.8. The van der Waals surface area contributed by atoms with Gasteiger partial charge in [-0.25, -0.2) is 4.79 Å². The van der Waals surface area contributed by atoms with Crippen LogP contribution in [0.1, 0.15) is 25.0 Å². The number of hydrogen-bond acceptors (Lipinski definition) is 4. The van der Waals surface area contributed by atoms with Crippen molar-refractivity contribution in [2.45, 2.75) is 39.1 Å². The molecule has 4 nitrogen and oxygen atoms in total. The van der Waals surface area contributed by atoms with Crippen molar-refractivity contribution in [3.8, 4) is 5.75 Å². The van der Waals surface area contributed by atoms with E-state index < -0.39 is 6.10 Å². The molecule has 128 valence electrons. The normalized spacial score (nSPS) is 12.0. The SMILES string of the molecule is COC(=O)C(Cc1ccc(OCc2ccccc2)cc1)OC(C)C. The van der Waals surface area contributed by atoms with Gasteiger partial charge in [-0.1, -0.05) is 42.5 Å². The lowest BCUT2D eigenvalue weighted by atomic mass is 10.1. The van der Waals surface area contributed by atoms with E-state index in [0.717, 1.165) is 16.9 Å². The molecule has 0 aliphatic heterocycles. The minimum absolute atomic E-state index is 0.0393. The van der Waals surface area contributed by atoms with E-state index in [1.807, 2.05) is 68.4 Å². The van der Waals surface area contributed by atoms with Crippen LogP contribution in [0, 0.1) is 0 Å². The summed E-state index contributed by atoms with van der Waals surface area (Å²) in [5.41, 5.74) is 2.12. The van der Waals surface area contributed by atoms with Crippen LogP contribution in [-0.4, -0.2) is 25.3 Å². The van der Waals surface area contributed by atoms with Crippen molar-refractivity contribution < 1.29 is 19.0 Å². The Bertz CT molecular complexity index is 620. The van der Waals surface area contributed by atoms with Gasteiger partial charge >= 0.3 is 5.97 Å². The molecule has 24 heavy (non-hydrogen) atoms. The van der Waals surface area contributed by atoms with Gasteiger partial charge < -0.3 is 14.2 Å². The number of carbonyl (C=O) groups excluding carboxylic acids is 1. The van der Waals surface area contributed by atoms with E-state index >= 15 is 0 Å². The van der Waals surface area contributed by atoms with Crippen molar-refractivity contribution in [2.24, 2.45) is 0 Å². The largest absolute Gasteiger partial charge is 0.489 e. The number of carbonyl (C=O) groups is 1. The predicted molar refractivity (Wildman–Crippen MR) is 92.9 cm³/mol. The second-order valence-corrected chi connectivity index (χ2v) is 5.82. The summed E-state index contributed by atoms with van der Waals surface area (Å²) in [7, 11) is 1.37. The highest BCUT2D eigenvalue weighted by Gasteiger charge is 2.21. The molecule has 0 bridgehead atoms. The van der Waals surface area contributed by atoms with Gasteiger partial charge in [0.05, 0.1) is 13.2 Å². The van der Waals surface area contributed by atoms with Crippen LogP contribution in [0.5, 0.6) is 5.75 Å². The van der Waals surface area contributed by atoms with Gasteiger partial charge in [0.25, 0.3) is 0 Å². The van der Waals surface area contributed by atoms with Crippen molar-refractivity contribution >= 4 is 5.97 Å². The van der Waals surface area contributed by atoms with Gasteiger partial charge in [0.2, 0.25) is 0 Å². The topological polar surface area (TPSA) is 44.8 Å². The number of rotatable bonds is 8. The third-order valence-corrected chi connectivity index (χ3v) is 3.49. The molecule has 0 aliphatic rings. The third kappa shape index (κ3) is 5.70. The maximum Gasteiger partial charge on any atom is 0.335 e. The Labute approximate surface area is 143 Å². The second-order valence-electron chi connectivity index (χ2n) is 5.82. The van der Waals surface area contributed by atoms with Gasteiger partial charge in [-0.15, -0.1) is 0 Å². The fourth-order valence-electron chi connectivity index (χ4n) is 2.32. The molecule has 1 atom stereocenters. The van der Waals surface area contributed by atoms with Crippen molar-refractivity contribution in [1.82, 2.24) is 0 Å². The molecule has 0 saturated heterocycles. The summed E-state index contributed by atoms with van der Waals surface area (Å²) in [5, 5.41) is 0. The average Bonchev–Trinajstić information content (AvgIpc) is 2.60. The molecule has 2 rings (SSSR count). The summed E-state index contributed by atoms with van der Waals surface area (Å²) in [6.07, 6.45) is -0.155. The molecule has 0 radical (unpaired) electrons. The average molecular weight is 328 g/mol. The van der Waals surface area contributed by atoms with E-state index in [2.05, 4.69) is 0 Å². The molecular weight excluding hydrogens is 304 g/mol. The van der Waals surface area contributed by atoms with Crippen molar-refractivity contribution in [2.75, 3.05) is 7.11 Å². The summed E-state index contributed by atoms with van der Waals surface area (Å²) in [6.45, 7) is 4.33. The Morgan fingerprint density at radius 2 is 1.62 bits per heavy atom. The van der Waals surface area contributed by atoms with Crippen LogP contribution in [0.25, 0.3) is 0 Å². The standard InChI is InChI=1S/C20H24O4/c1-15(2)24-19(20(21)22-3)13-16-9-11-18(12-10-16)23-14-17-7-5-4-6-8-17/h4-12,15,19H,13-14H2,1-3H3. The minimum atomic E-state index is -0.592. The predicted octanol–water partition coefficient (Wildman–Crippen LogP) is 3.77. The van der Waals surface area contributed by atoms with E-state index in [4.69, 9.17) is 14.2 Å². The van der Waals surface area contributed by atoms with E-state index in [0.29, 0.717) is 13.0 Å². The first-order chi connectivity index (χ1) is 11.6. The first-order valence-corrected chi connectivity index (χ1v) is 8.07. The maximum atomic E-state index is 11.8. The van der Waals surface area contributed by atoms with Gasteiger partial charge in [0, 0.05) is 6.42 Å². The quantitative estimate of drug-likeness (QED) is 0.692. The van der Waals surface area contributed by atoms with Crippen LogP contribution in [-0.2, 0) is 27.3 Å². The Kier molecular flexibility index (Phi) is 6.82. The van der Waals surface area contributed by atoms with Gasteiger partial charge in [-0.05, 0) is 37.1 Å². The van der Waals surface area contributed by atoms with Crippen molar-refractivity contribution in [1.29, 1.82) is 0 Å². The molecule has 0 aromatic heterocycles. The number of methoxy groups -OCH3 is 1. The molecule has 1 unspecified atom stereocenters. The number of benzene rings is 2. The van der Waals surface area contributed by atoms with Crippen LogP contribution >= 0.6 is 0 Å². The van der Waals surface area contributed by atoms with Crippen LogP contribution in [0.4, 0.5) is 0 Å². The zero-order valence-electron chi connectivity index (χ0n) is 14.4. The molecule has 0 saturated carbocycles. The van der Waals surface area contributed by atoms with E-state index in [9.17, 15) is 4.79 Å². The molecule has 2 aromatic carbocycles. The smallest absolute Gasteiger partial charge is 0.335 e.